The Balaban J connectivity index is 2.00. The molecule has 0 bridgehead atoms. The van der Waals surface area contributed by atoms with Crippen molar-refractivity contribution in [3.8, 4) is 0 Å². The molecule has 0 fully saturated rings. The maximum absolute atomic E-state index is 7.87. The van der Waals surface area contributed by atoms with Crippen molar-refractivity contribution in [2.24, 2.45) is 0 Å². The molecule has 0 aromatic heterocycles. The molecule has 0 spiro atoms. The van der Waals surface area contributed by atoms with Gasteiger partial charge in [0.05, 0.1) is 5.38 Å². The normalized spacial score (nSPS) is 12.8. The number of hydrogen-bond acceptors (Lipinski definition) is 0. The highest BCUT2D eigenvalue weighted by Crippen LogP contribution is 2.69. The van der Waals surface area contributed by atoms with E-state index in [2.05, 4.69) is 128 Å². The van der Waals surface area contributed by atoms with E-state index in [0.717, 1.165) is 0 Å². The molecule has 0 radical (unpaired) electrons. The first-order valence-electron chi connectivity index (χ1n) is 10.3. The summed E-state index contributed by atoms with van der Waals surface area (Å²) in [5, 5.41) is 4.71. The standard InChI is InChI=1S/C27H24Cl2P2/c1-22(28)27(29,30(23-14-6-2-7-15-23)24-16-8-3-9-17-24)31(25-18-10-4-11-19-25)26-20-12-5-13-21-26/h2-22H,1H3. The van der Waals surface area contributed by atoms with Crippen LogP contribution in [0.5, 0.6) is 0 Å². The summed E-state index contributed by atoms with van der Waals surface area (Å²) in [7, 11) is -1.92. The summed E-state index contributed by atoms with van der Waals surface area (Å²) in [4.78, 5) is 0. The minimum Gasteiger partial charge on any atom is -0.121 e. The van der Waals surface area contributed by atoms with Crippen molar-refractivity contribution in [2.45, 2.75) is 16.7 Å². The molecule has 4 aromatic rings. The van der Waals surface area contributed by atoms with Crippen LogP contribution in [0.15, 0.2) is 121 Å². The summed E-state index contributed by atoms with van der Waals surface area (Å²) >= 11 is 14.9. The third kappa shape index (κ3) is 4.74. The van der Waals surface area contributed by atoms with Gasteiger partial charge in [0.2, 0.25) is 0 Å². The highest BCUT2D eigenvalue weighted by molar-refractivity contribution is 7.93. The van der Waals surface area contributed by atoms with Gasteiger partial charge in [-0.25, -0.2) is 0 Å². The topological polar surface area (TPSA) is 0 Å². The third-order valence-electron chi connectivity index (χ3n) is 5.19. The second-order valence-electron chi connectivity index (χ2n) is 7.27. The van der Waals surface area contributed by atoms with E-state index in [9.17, 15) is 0 Å². The predicted octanol–water partition coefficient (Wildman–Crippen LogP) is 6.77. The second-order valence-corrected chi connectivity index (χ2v) is 14.2. The van der Waals surface area contributed by atoms with Crippen LogP contribution in [0.1, 0.15) is 6.92 Å². The lowest BCUT2D eigenvalue weighted by molar-refractivity contribution is 0.991. The lowest BCUT2D eigenvalue weighted by Crippen LogP contribution is -2.40. The van der Waals surface area contributed by atoms with Gasteiger partial charge in [0.25, 0.3) is 0 Å². The van der Waals surface area contributed by atoms with Gasteiger partial charge in [0, 0.05) is 0 Å². The van der Waals surface area contributed by atoms with Crippen LogP contribution in [0.25, 0.3) is 0 Å². The van der Waals surface area contributed by atoms with E-state index in [0.29, 0.717) is 0 Å². The Labute approximate surface area is 197 Å². The second kappa shape index (κ2) is 10.3. The largest absolute Gasteiger partial charge is 0.121 e. The van der Waals surface area contributed by atoms with Gasteiger partial charge < -0.3 is 0 Å². The van der Waals surface area contributed by atoms with Crippen molar-refractivity contribution in [1.82, 2.24) is 0 Å². The van der Waals surface area contributed by atoms with Gasteiger partial charge in [0.15, 0.2) is 0 Å². The number of hydrogen-bond donors (Lipinski definition) is 0. The van der Waals surface area contributed by atoms with Crippen LogP contribution in [0.3, 0.4) is 0 Å². The number of rotatable bonds is 7. The van der Waals surface area contributed by atoms with Crippen molar-refractivity contribution in [1.29, 1.82) is 0 Å². The van der Waals surface area contributed by atoms with Crippen LogP contribution in [-0.4, -0.2) is 9.73 Å². The molecule has 0 aliphatic rings. The Hall–Kier alpha value is -1.68. The van der Waals surface area contributed by atoms with Crippen LogP contribution in [0.4, 0.5) is 0 Å². The van der Waals surface area contributed by atoms with Gasteiger partial charge in [0.1, 0.15) is 4.36 Å². The SMILES string of the molecule is CC(Cl)C(Cl)(P(c1ccccc1)c1ccccc1)P(c1ccccc1)c1ccccc1. The molecular weight excluding hydrogens is 457 g/mol. The molecule has 4 aromatic carbocycles. The van der Waals surface area contributed by atoms with Gasteiger partial charge in [-0.15, -0.1) is 23.2 Å². The summed E-state index contributed by atoms with van der Waals surface area (Å²) in [6.45, 7) is 2.05. The van der Waals surface area contributed by atoms with E-state index in [1.54, 1.807) is 0 Å². The molecule has 0 heterocycles. The van der Waals surface area contributed by atoms with Crippen molar-refractivity contribution in [2.75, 3.05) is 0 Å². The third-order valence-corrected chi connectivity index (χ3v) is 13.8. The van der Waals surface area contributed by atoms with Crippen molar-refractivity contribution in [3.63, 3.8) is 0 Å². The lowest BCUT2D eigenvalue weighted by Gasteiger charge is -2.45. The Morgan fingerprint density at radius 2 is 0.742 bits per heavy atom. The predicted molar refractivity (Wildman–Crippen MR) is 142 cm³/mol. The van der Waals surface area contributed by atoms with E-state index in [1.807, 2.05) is 0 Å². The first-order chi connectivity index (χ1) is 15.1. The zero-order valence-electron chi connectivity index (χ0n) is 17.3. The molecular formula is C27H24Cl2P2. The molecule has 0 amide bonds. The van der Waals surface area contributed by atoms with Gasteiger partial charge >= 0.3 is 0 Å². The van der Waals surface area contributed by atoms with Crippen LogP contribution in [0.2, 0.25) is 0 Å². The summed E-state index contributed by atoms with van der Waals surface area (Å²) < 4.78 is -0.683. The molecule has 156 valence electrons. The van der Waals surface area contributed by atoms with E-state index in [4.69, 9.17) is 23.2 Å². The van der Waals surface area contributed by atoms with Crippen LogP contribution < -0.4 is 21.2 Å². The van der Waals surface area contributed by atoms with Crippen LogP contribution >= 0.6 is 39.0 Å². The van der Waals surface area contributed by atoms with Crippen molar-refractivity contribution < 1.29 is 0 Å². The van der Waals surface area contributed by atoms with Gasteiger partial charge in [-0.2, -0.15) is 0 Å². The van der Waals surface area contributed by atoms with Crippen LogP contribution in [-0.2, 0) is 0 Å². The van der Waals surface area contributed by atoms with E-state index < -0.39 is 20.2 Å². The summed E-state index contributed by atoms with van der Waals surface area (Å²) in [5.41, 5.74) is 0. The Kier molecular flexibility index (Phi) is 7.47. The molecule has 31 heavy (non-hydrogen) atoms. The average molecular weight is 481 g/mol. The fraction of sp³-hybridized carbons (Fsp3) is 0.111. The molecule has 1 atom stereocenters. The summed E-state index contributed by atoms with van der Waals surface area (Å²) in [6, 6.07) is 42.5. The van der Waals surface area contributed by atoms with Gasteiger partial charge in [-0.1, -0.05) is 121 Å². The highest BCUT2D eigenvalue weighted by Gasteiger charge is 2.50. The molecule has 1 unspecified atom stereocenters. The smallest absolute Gasteiger partial charge is 0.115 e. The number of alkyl halides is 2. The van der Waals surface area contributed by atoms with Crippen molar-refractivity contribution in [3.05, 3.63) is 121 Å². The fourth-order valence-electron chi connectivity index (χ4n) is 3.79. The van der Waals surface area contributed by atoms with E-state index in [1.165, 1.54) is 21.2 Å². The van der Waals surface area contributed by atoms with E-state index >= 15 is 0 Å². The maximum Gasteiger partial charge on any atom is 0.115 e. The molecule has 4 heteroatoms. The summed E-state index contributed by atoms with van der Waals surface area (Å²) in [5.74, 6) is 0. The average Bonchev–Trinajstić information content (AvgIpc) is 2.82. The Morgan fingerprint density at radius 1 is 0.516 bits per heavy atom. The Bertz CT molecular complexity index is 909. The maximum atomic E-state index is 7.87. The molecule has 0 N–H and O–H groups in total. The first-order valence-corrected chi connectivity index (χ1v) is 13.8. The lowest BCUT2D eigenvalue weighted by atomic mass is 10.4. The zero-order valence-corrected chi connectivity index (χ0v) is 20.6. The highest BCUT2D eigenvalue weighted by atomic mass is 35.5. The van der Waals surface area contributed by atoms with Gasteiger partial charge in [-0.05, 0) is 44.0 Å². The van der Waals surface area contributed by atoms with Crippen molar-refractivity contribution >= 4 is 60.3 Å². The van der Waals surface area contributed by atoms with E-state index in [-0.39, 0.29) is 5.38 Å². The minimum atomic E-state index is -0.960. The van der Waals surface area contributed by atoms with Crippen LogP contribution in [0, 0.1) is 0 Å². The quantitative estimate of drug-likeness (QED) is 0.202. The number of benzene rings is 4. The summed E-state index contributed by atoms with van der Waals surface area (Å²) in [6.07, 6.45) is 0. The molecule has 4 rings (SSSR count). The first kappa shape index (κ1) is 22.5. The monoisotopic (exact) mass is 480 g/mol. The van der Waals surface area contributed by atoms with Gasteiger partial charge in [-0.3, -0.25) is 0 Å². The minimum absolute atomic E-state index is 0.257. The fourth-order valence-corrected chi connectivity index (χ4v) is 12.4. The number of halogens is 2. The molecule has 0 aliphatic carbocycles. The Morgan fingerprint density at radius 3 is 0.935 bits per heavy atom. The zero-order chi connectivity index (χ0) is 21.7. The molecule has 0 saturated heterocycles. The molecule has 0 nitrogen and oxygen atoms in total. The molecule has 0 saturated carbocycles. The molecule has 0 aliphatic heterocycles.